The normalized spacial score (nSPS) is 18.0. The van der Waals surface area contributed by atoms with Gasteiger partial charge in [0.15, 0.2) is 0 Å². The molecule has 0 unspecified atom stereocenters. The molecule has 1 aromatic rings. The van der Waals surface area contributed by atoms with Crippen molar-refractivity contribution in [3.63, 3.8) is 0 Å². The van der Waals surface area contributed by atoms with E-state index in [0.29, 0.717) is 10.4 Å². The Morgan fingerprint density at radius 1 is 1.37 bits per heavy atom. The van der Waals surface area contributed by atoms with Crippen LogP contribution < -0.4 is 11.1 Å². The summed E-state index contributed by atoms with van der Waals surface area (Å²) in [6, 6.07) is 3.90. The van der Waals surface area contributed by atoms with Crippen molar-refractivity contribution in [2.75, 3.05) is 11.9 Å². The van der Waals surface area contributed by atoms with Crippen molar-refractivity contribution in [2.45, 2.75) is 46.0 Å². The number of pyridine rings is 1. The average molecular weight is 277 g/mol. The third-order valence-electron chi connectivity index (χ3n) is 4.04. The zero-order valence-electron chi connectivity index (χ0n) is 11.8. The molecule has 0 saturated heterocycles. The average Bonchev–Trinajstić information content (AvgIpc) is 2.37. The summed E-state index contributed by atoms with van der Waals surface area (Å²) in [5.41, 5.74) is 7.96. The Kier molecular flexibility index (Phi) is 4.40. The van der Waals surface area contributed by atoms with Crippen molar-refractivity contribution in [3.8, 4) is 0 Å². The maximum Gasteiger partial charge on any atom is 0.136 e. The Morgan fingerprint density at radius 2 is 2.05 bits per heavy atom. The molecule has 0 amide bonds. The monoisotopic (exact) mass is 277 g/mol. The fourth-order valence-electron chi connectivity index (χ4n) is 2.77. The van der Waals surface area contributed by atoms with Gasteiger partial charge >= 0.3 is 0 Å². The molecule has 0 spiro atoms. The van der Waals surface area contributed by atoms with Crippen LogP contribution in [0.2, 0.25) is 0 Å². The molecule has 0 aromatic carbocycles. The van der Waals surface area contributed by atoms with Gasteiger partial charge in [-0.3, -0.25) is 0 Å². The Morgan fingerprint density at radius 3 is 2.68 bits per heavy atom. The lowest BCUT2D eigenvalue weighted by molar-refractivity contribution is 0.233. The van der Waals surface area contributed by atoms with Crippen LogP contribution in [-0.2, 0) is 0 Å². The zero-order valence-corrected chi connectivity index (χ0v) is 12.6. The minimum atomic E-state index is 0.372. The summed E-state index contributed by atoms with van der Waals surface area (Å²) < 4.78 is 0. The maximum absolute atomic E-state index is 5.76. The van der Waals surface area contributed by atoms with Crippen LogP contribution in [0.1, 0.15) is 50.3 Å². The molecule has 3 nitrogen and oxygen atoms in total. The molecular weight excluding hydrogens is 254 g/mol. The molecule has 2 rings (SSSR count). The van der Waals surface area contributed by atoms with E-state index in [1.54, 1.807) is 0 Å². The van der Waals surface area contributed by atoms with Crippen LogP contribution in [0.3, 0.4) is 0 Å². The highest BCUT2D eigenvalue weighted by atomic mass is 32.1. The largest absolute Gasteiger partial charge is 0.389 e. The van der Waals surface area contributed by atoms with E-state index in [2.05, 4.69) is 17.2 Å². The van der Waals surface area contributed by atoms with E-state index in [1.807, 2.05) is 19.1 Å². The molecule has 1 fully saturated rings. The van der Waals surface area contributed by atoms with E-state index in [0.717, 1.165) is 23.6 Å². The minimum Gasteiger partial charge on any atom is -0.389 e. The predicted molar refractivity (Wildman–Crippen MR) is 84.5 cm³/mol. The van der Waals surface area contributed by atoms with Gasteiger partial charge in [-0.05, 0) is 37.3 Å². The fraction of sp³-hybridized carbons (Fsp3) is 0.600. The van der Waals surface area contributed by atoms with Gasteiger partial charge in [-0.25, -0.2) is 4.98 Å². The number of nitrogens with two attached hydrogens (primary N) is 1. The van der Waals surface area contributed by atoms with E-state index in [4.69, 9.17) is 18.0 Å². The fourth-order valence-corrected chi connectivity index (χ4v) is 2.93. The number of rotatable bonds is 4. The smallest absolute Gasteiger partial charge is 0.136 e. The second-order valence-electron chi connectivity index (χ2n) is 5.94. The minimum absolute atomic E-state index is 0.372. The summed E-state index contributed by atoms with van der Waals surface area (Å²) in [6.45, 7) is 5.28. The number of thiocarbonyl (C=S) groups is 1. The quantitative estimate of drug-likeness (QED) is 0.828. The predicted octanol–water partition coefficient (Wildman–Crippen LogP) is 3.41. The molecule has 0 bridgehead atoms. The van der Waals surface area contributed by atoms with Crippen molar-refractivity contribution in [2.24, 2.45) is 11.1 Å². The van der Waals surface area contributed by atoms with Crippen molar-refractivity contribution in [1.82, 2.24) is 4.98 Å². The number of nitrogens with zero attached hydrogens (tertiary/aromatic N) is 1. The standard InChI is InChI=1S/C15H23N3S/c1-11-6-7-12(13(16)19)14(18-11)17-10-15(2)8-4-3-5-9-15/h6-7H,3-5,8-10H2,1-2H3,(H2,16,19)(H,17,18). The van der Waals surface area contributed by atoms with Gasteiger partial charge in [-0.2, -0.15) is 0 Å². The van der Waals surface area contributed by atoms with Gasteiger partial charge < -0.3 is 11.1 Å². The first-order valence-electron chi connectivity index (χ1n) is 7.01. The summed E-state index contributed by atoms with van der Waals surface area (Å²) in [5, 5.41) is 3.47. The molecule has 1 aliphatic rings. The summed E-state index contributed by atoms with van der Waals surface area (Å²) in [6.07, 6.45) is 6.61. The highest BCUT2D eigenvalue weighted by Crippen LogP contribution is 2.35. The first-order valence-corrected chi connectivity index (χ1v) is 7.42. The Balaban J connectivity index is 2.10. The lowest BCUT2D eigenvalue weighted by Crippen LogP contribution is -2.30. The third kappa shape index (κ3) is 3.66. The van der Waals surface area contributed by atoms with Crippen LogP contribution in [0.4, 0.5) is 5.82 Å². The van der Waals surface area contributed by atoms with Crippen LogP contribution in [0, 0.1) is 12.3 Å². The third-order valence-corrected chi connectivity index (χ3v) is 4.26. The van der Waals surface area contributed by atoms with Gasteiger partial charge in [0.2, 0.25) is 0 Å². The molecule has 4 heteroatoms. The van der Waals surface area contributed by atoms with Gasteiger partial charge in [0.25, 0.3) is 0 Å². The lowest BCUT2D eigenvalue weighted by atomic mass is 9.76. The van der Waals surface area contributed by atoms with E-state index in [1.165, 1.54) is 32.1 Å². The number of anilines is 1. The highest BCUT2D eigenvalue weighted by molar-refractivity contribution is 7.80. The maximum atomic E-state index is 5.76. The van der Waals surface area contributed by atoms with Gasteiger partial charge in [-0.15, -0.1) is 0 Å². The SMILES string of the molecule is Cc1ccc(C(N)=S)c(NCC2(C)CCCCC2)n1. The van der Waals surface area contributed by atoms with E-state index in [-0.39, 0.29) is 0 Å². The van der Waals surface area contributed by atoms with Gasteiger partial charge in [0.05, 0.1) is 5.56 Å². The number of aryl methyl sites for hydroxylation is 1. The molecule has 3 N–H and O–H groups in total. The summed E-state index contributed by atoms with van der Waals surface area (Å²) >= 11 is 5.09. The second-order valence-corrected chi connectivity index (χ2v) is 6.38. The Hall–Kier alpha value is -1.16. The molecule has 0 radical (unpaired) electrons. The molecule has 104 valence electrons. The molecule has 1 aliphatic carbocycles. The molecule has 19 heavy (non-hydrogen) atoms. The number of hydrogen-bond donors (Lipinski definition) is 2. The molecular formula is C15H23N3S. The summed E-state index contributed by atoms with van der Waals surface area (Å²) in [7, 11) is 0. The zero-order chi connectivity index (χ0) is 13.9. The van der Waals surface area contributed by atoms with E-state index >= 15 is 0 Å². The molecule has 1 aromatic heterocycles. The highest BCUT2D eigenvalue weighted by Gasteiger charge is 2.26. The van der Waals surface area contributed by atoms with E-state index in [9.17, 15) is 0 Å². The molecule has 0 aliphatic heterocycles. The number of aromatic nitrogens is 1. The van der Waals surface area contributed by atoms with Crippen LogP contribution in [0.25, 0.3) is 0 Å². The lowest BCUT2D eigenvalue weighted by Gasteiger charge is -2.34. The van der Waals surface area contributed by atoms with Crippen molar-refractivity contribution in [1.29, 1.82) is 0 Å². The second kappa shape index (κ2) is 5.87. The van der Waals surface area contributed by atoms with Crippen molar-refractivity contribution in [3.05, 3.63) is 23.4 Å². The van der Waals surface area contributed by atoms with Crippen LogP contribution in [0.5, 0.6) is 0 Å². The summed E-state index contributed by atoms with van der Waals surface area (Å²) in [5.74, 6) is 0.833. The van der Waals surface area contributed by atoms with Gasteiger partial charge in [-0.1, -0.05) is 38.4 Å². The van der Waals surface area contributed by atoms with Gasteiger partial charge in [0.1, 0.15) is 10.8 Å². The van der Waals surface area contributed by atoms with Crippen LogP contribution >= 0.6 is 12.2 Å². The summed E-state index contributed by atoms with van der Waals surface area (Å²) in [4.78, 5) is 4.94. The number of hydrogen-bond acceptors (Lipinski definition) is 3. The van der Waals surface area contributed by atoms with Gasteiger partial charge in [0, 0.05) is 12.2 Å². The number of nitrogens with one attached hydrogen (secondary N) is 1. The first kappa shape index (κ1) is 14.3. The topological polar surface area (TPSA) is 50.9 Å². The molecule has 1 heterocycles. The van der Waals surface area contributed by atoms with E-state index < -0.39 is 0 Å². The molecule has 0 atom stereocenters. The van der Waals surface area contributed by atoms with Crippen LogP contribution in [-0.4, -0.2) is 16.5 Å². The first-order chi connectivity index (χ1) is 9.00. The Labute approximate surface area is 121 Å². The van der Waals surface area contributed by atoms with Crippen molar-refractivity contribution >= 4 is 23.0 Å². The Bertz CT molecular complexity index is 464. The van der Waals surface area contributed by atoms with Crippen LogP contribution in [0.15, 0.2) is 12.1 Å². The molecule has 1 saturated carbocycles. The van der Waals surface area contributed by atoms with Crippen molar-refractivity contribution < 1.29 is 0 Å².